The lowest BCUT2D eigenvalue weighted by Gasteiger charge is -2.28. The first-order valence-electron chi connectivity index (χ1n) is 11.4. The molecule has 0 aliphatic rings. The molecule has 0 aliphatic heterocycles. The molecule has 0 unspecified atom stereocenters. The quantitative estimate of drug-likeness (QED) is 0.176. The van der Waals surface area contributed by atoms with Gasteiger partial charge in [-0.2, -0.15) is 0 Å². The van der Waals surface area contributed by atoms with Gasteiger partial charge in [-0.15, -0.1) is 0 Å². The van der Waals surface area contributed by atoms with Gasteiger partial charge in [-0.3, -0.25) is 15.3 Å². The molecular weight excluding hydrogens is 448 g/mol. The number of aryl methyl sites for hydroxylation is 1. The Hall–Kier alpha value is -3.88. The summed E-state index contributed by atoms with van der Waals surface area (Å²) < 4.78 is 11.9. The normalized spacial score (nSPS) is 12.9. The third kappa shape index (κ3) is 7.05. The molecule has 2 amide bonds. The fraction of sp³-hybridized carbons (Fsp3) is 0.259. The second-order valence-corrected chi connectivity index (χ2v) is 7.99. The van der Waals surface area contributed by atoms with Gasteiger partial charge in [-0.05, 0) is 50.3 Å². The summed E-state index contributed by atoms with van der Waals surface area (Å²) in [6.45, 7) is 4.18. The predicted molar refractivity (Wildman–Crippen MR) is 133 cm³/mol. The summed E-state index contributed by atoms with van der Waals surface area (Å²) in [4.78, 5) is 24.2. The molecule has 0 aliphatic carbocycles. The van der Waals surface area contributed by atoms with Crippen LogP contribution in [0.15, 0.2) is 72.8 Å². The Morgan fingerprint density at radius 1 is 1.03 bits per heavy atom. The van der Waals surface area contributed by atoms with E-state index in [9.17, 15) is 14.7 Å². The SMILES string of the molecule is CCO[C@@H](CC/C=C/C(=O)NO)[C@@H](OC(=O)Nc1ccc(C)cc1)c1ccc(O)c2ccccc12. The van der Waals surface area contributed by atoms with Crippen LogP contribution in [-0.2, 0) is 14.3 Å². The van der Waals surface area contributed by atoms with Crippen LogP contribution >= 0.6 is 0 Å². The summed E-state index contributed by atoms with van der Waals surface area (Å²) in [5.74, 6) is -0.508. The second-order valence-electron chi connectivity index (χ2n) is 7.99. The lowest BCUT2D eigenvalue weighted by atomic mass is 9.94. The summed E-state index contributed by atoms with van der Waals surface area (Å²) in [5.41, 5.74) is 3.90. The van der Waals surface area contributed by atoms with E-state index in [0.717, 1.165) is 10.9 Å². The maximum atomic E-state index is 12.9. The van der Waals surface area contributed by atoms with Crippen LogP contribution in [0.5, 0.6) is 5.75 Å². The monoisotopic (exact) mass is 478 g/mol. The number of amides is 2. The van der Waals surface area contributed by atoms with Gasteiger partial charge in [0, 0.05) is 29.3 Å². The molecule has 184 valence electrons. The van der Waals surface area contributed by atoms with E-state index in [1.165, 1.54) is 6.08 Å². The van der Waals surface area contributed by atoms with Crippen molar-refractivity contribution in [3.63, 3.8) is 0 Å². The van der Waals surface area contributed by atoms with Crippen LogP contribution in [0.4, 0.5) is 10.5 Å². The first-order chi connectivity index (χ1) is 16.9. The Morgan fingerprint density at radius 3 is 2.43 bits per heavy atom. The molecule has 3 aromatic carbocycles. The van der Waals surface area contributed by atoms with Gasteiger partial charge in [0.05, 0.1) is 6.10 Å². The molecule has 35 heavy (non-hydrogen) atoms. The van der Waals surface area contributed by atoms with E-state index in [2.05, 4.69) is 5.32 Å². The fourth-order valence-corrected chi connectivity index (χ4v) is 3.82. The Morgan fingerprint density at radius 2 is 1.74 bits per heavy atom. The van der Waals surface area contributed by atoms with E-state index in [4.69, 9.17) is 14.7 Å². The molecule has 8 nitrogen and oxygen atoms in total. The van der Waals surface area contributed by atoms with Crippen LogP contribution in [0.3, 0.4) is 0 Å². The van der Waals surface area contributed by atoms with Crippen molar-refractivity contribution in [2.45, 2.75) is 38.9 Å². The number of anilines is 1. The van der Waals surface area contributed by atoms with Crippen LogP contribution in [0, 0.1) is 6.92 Å². The second kappa shape index (κ2) is 12.5. The number of phenols is 1. The maximum absolute atomic E-state index is 12.9. The van der Waals surface area contributed by atoms with Gasteiger partial charge in [0.25, 0.3) is 5.91 Å². The molecule has 2 atom stereocenters. The molecule has 0 spiro atoms. The van der Waals surface area contributed by atoms with Crippen molar-refractivity contribution < 1.29 is 29.4 Å². The number of nitrogens with one attached hydrogen (secondary N) is 2. The number of hydroxylamine groups is 1. The Kier molecular flexibility index (Phi) is 9.23. The zero-order chi connectivity index (χ0) is 25.2. The number of rotatable bonds is 10. The number of aromatic hydroxyl groups is 1. The summed E-state index contributed by atoms with van der Waals surface area (Å²) in [6, 6.07) is 18.0. The number of phenolic OH excluding ortho intramolecular Hbond substituents is 1. The molecule has 0 aromatic heterocycles. The lowest BCUT2D eigenvalue weighted by molar-refractivity contribution is -0.124. The third-order valence-corrected chi connectivity index (χ3v) is 5.49. The molecular formula is C27H30N2O6. The Labute approximate surface area is 204 Å². The number of carbonyl (C=O) groups is 2. The molecule has 4 N–H and O–H groups in total. The highest BCUT2D eigenvalue weighted by Gasteiger charge is 2.29. The number of benzene rings is 3. The first kappa shape index (κ1) is 25.7. The summed E-state index contributed by atoms with van der Waals surface area (Å²) in [7, 11) is 0. The predicted octanol–water partition coefficient (Wildman–Crippen LogP) is 5.39. The molecule has 3 aromatic rings. The summed E-state index contributed by atoms with van der Waals surface area (Å²) >= 11 is 0. The molecule has 0 heterocycles. The first-order valence-corrected chi connectivity index (χ1v) is 11.4. The summed E-state index contributed by atoms with van der Waals surface area (Å²) in [6.07, 6.45) is 1.71. The van der Waals surface area contributed by atoms with Crippen molar-refractivity contribution in [3.8, 4) is 5.75 Å². The molecule has 3 rings (SSSR count). The molecule has 0 fully saturated rings. The largest absolute Gasteiger partial charge is 0.507 e. The number of hydrogen-bond donors (Lipinski definition) is 4. The number of allylic oxidation sites excluding steroid dienone is 1. The summed E-state index contributed by atoms with van der Waals surface area (Å²) in [5, 5.41) is 23.1. The van der Waals surface area contributed by atoms with Crippen molar-refractivity contribution in [2.75, 3.05) is 11.9 Å². The van der Waals surface area contributed by atoms with Crippen molar-refractivity contribution in [3.05, 3.63) is 83.9 Å². The minimum absolute atomic E-state index is 0.123. The zero-order valence-corrected chi connectivity index (χ0v) is 19.7. The fourth-order valence-electron chi connectivity index (χ4n) is 3.82. The standard InChI is InChI=1S/C27H30N2O6/c1-3-34-24(10-6-7-11-25(31)29-33)26(35-27(32)28-19-14-12-18(2)13-15-19)22-16-17-23(30)21-9-5-4-8-20(21)22/h4-5,7-9,11-17,24,26,30,33H,3,6,10H2,1-2H3,(H,28,32)(H,29,31)/b11-7+/t24-,26-/m0/s1. The number of ether oxygens (including phenoxy) is 2. The van der Waals surface area contributed by atoms with E-state index in [0.29, 0.717) is 36.1 Å². The highest BCUT2D eigenvalue weighted by atomic mass is 16.6. The minimum Gasteiger partial charge on any atom is -0.507 e. The van der Waals surface area contributed by atoms with Crippen molar-refractivity contribution in [2.24, 2.45) is 0 Å². The smallest absolute Gasteiger partial charge is 0.412 e. The van der Waals surface area contributed by atoms with E-state index < -0.39 is 24.2 Å². The van der Waals surface area contributed by atoms with E-state index in [-0.39, 0.29) is 5.75 Å². The molecule has 0 saturated heterocycles. The molecule has 8 heteroatoms. The Bertz CT molecular complexity index is 1180. The Balaban J connectivity index is 1.93. The van der Waals surface area contributed by atoms with Gasteiger partial charge in [0.15, 0.2) is 6.10 Å². The topological polar surface area (TPSA) is 117 Å². The van der Waals surface area contributed by atoms with Crippen molar-refractivity contribution in [1.82, 2.24) is 5.48 Å². The van der Waals surface area contributed by atoms with Crippen LogP contribution in [0.1, 0.15) is 37.0 Å². The van der Waals surface area contributed by atoms with Crippen LogP contribution in [0.2, 0.25) is 0 Å². The third-order valence-electron chi connectivity index (χ3n) is 5.49. The molecule has 0 radical (unpaired) electrons. The van der Waals surface area contributed by atoms with Gasteiger partial charge in [0.2, 0.25) is 0 Å². The number of carbonyl (C=O) groups excluding carboxylic acids is 2. The lowest BCUT2D eigenvalue weighted by Crippen LogP contribution is -2.29. The van der Waals surface area contributed by atoms with Crippen LogP contribution < -0.4 is 10.8 Å². The van der Waals surface area contributed by atoms with Gasteiger partial charge in [-0.25, -0.2) is 10.3 Å². The average Bonchev–Trinajstić information content (AvgIpc) is 2.86. The molecule has 0 saturated carbocycles. The minimum atomic E-state index is -0.800. The zero-order valence-electron chi connectivity index (χ0n) is 19.7. The number of hydrogen-bond acceptors (Lipinski definition) is 6. The highest BCUT2D eigenvalue weighted by Crippen LogP contribution is 2.36. The van der Waals surface area contributed by atoms with Crippen LogP contribution in [0.25, 0.3) is 10.8 Å². The van der Waals surface area contributed by atoms with Crippen molar-refractivity contribution >= 4 is 28.5 Å². The van der Waals surface area contributed by atoms with Crippen molar-refractivity contribution in [1.29, 1.82) is 0 Å². The van der Waals surface area contributed by atoms with Gasteiger partial charge in [-0.1, -0.05) is 54.1 Å². The average molecular weight is 479 g/mol. The number of fused-ring (bicyclic) bond motifs is 1. The van der Waals surface area contributed by atoms with E-state index in [1.54, 1.807) is 41.9 Å². The van der Waals surface area contributed by atoms with Gasteiger partial charge >= 0.3 is 6.09 Å². The maximum Gasteiger partial charge on any atom is 0.412 e. The highest BCUT2D eigenvalue weighted by molar-refractivity contribution is 5.91. The van der Waals surface area contributed by atoms with Gasteiger partial charge in [0.1, 0.15) is 5.75 Å². The molecule has 0 bridgehead atoms. The van der Waals surface area contributed by atoms with E-state index in [1.807, 2.05) is 44.2 Å². The van der Waals surface area contributed by atoms with Crippen LogP contribution in [-0.4, -0.2) is 35.0 Å². The van der Waals surface area contributed by atoms with Gasteiger partial charge < -0.3 is 14.6 Å². The van der Waals surface area contributed by atoms with E-state index >= 15 is 0 Å².